The highest BCUT2D eigenvalue weighted by molar-refractivity contribution is 14.0. The topological polar surface area (TPSA) is 46.1 Å². The van der Waals surface area contributed by atoms with Gasteiger partial charge in [0.15, 0.2) is 5.96 Å². The van der Waals surface area contributed by atoms with Gasteiger partial charge in [0.25, 0.3) is 0 Å². The molecule has 1 aromatic rings. The molecular weight excluding hydrogens is 465 g/mol. The van der Waals surface area contributed by atoms with Crippen molar-refractivity contribution in [3.8, 4) is 5.75 Å². The Morgan fingerprint density at radius 2 is 2.00 bits per heavy atom. The summed E-state index contributed by atoms with van der Waals surface area (Å²) in [7, 11) is 3.90. The number of nitrogens with one attached hydrogen (secondary N) is 1. The summed E-state index contributed by atoms with van der Waals surface area (Å²) in [4.78, 5) is 6.56. The highest BCUT2D eigenvalue weighted by Crippen LogP contribution is 2.18. The molecular formula is C19H31ClIN3O2. The fraction of sp³-hybridized carbons (Fsp3) is 0.632. The Labute approximate surface area is 179 Å². The normalized spacial score (nSPS) is 16.5. The Hall–Kier alpha value is -0.730. The van der Waals surface area contributed by atoms with Crippen LogP contribution in [-0.4, -0.2) is 57.4 Å². The van der Waals surface area contributed by atoms with Crippen molar-refractivity contribution in [1.29, 1.82) is 0 Å². The molecule has 1 unspecified atom stereocenters. The maximum Gasteiger partial charge on any atom is 0.193 e. The number of ether oxygens (including phenoxy) is 2. The van der Waals surface area contributed by atoms with Crippen molar-refractivity contribution in [3.63, 3.8) is 0 Å². The average molecular weight is 496 g/mol. The van der Waals surface area contributed by atoms with Crippen molar-refractivity contribution in [2.75, 3.05) is 40.4 Å². The lowest BCUT2D eigenvalue weighted by Crippen LogP contribution is -2.43. The van der Waals surface area contributed by atoms with Crippen LogP contribution in [0, 0.1) is 5.92 Å². The third-order valence-corrected chi connectivity index (χ3v) is 4.74. The zero-order valence-electron chi connectivity index (χ0n) is 15.9. The van der Waals surface area contributed by atoms with E-state index in [-0.39, 0.29) is 30.1 Å². The monoisotopic (exact) mass is 495 g/mol. The summed E-state index contributed by atoms with van der Waals surface area (Å²) in [6.07, 6.45) is 3.55. The summed E-state index contributed by atoms with van der Waals surface area (Å²) in [5.41, 5.74) is 0. The van der Waals surface area contributed by atoms with Gasteiger partial charge in [0.1, 0.15) is 11.9 Å². The fourth-order valence-electron chi connectivity index (χ4n) is 2.92. The van der Waals surface area contributed by atoms with E-state index in [0.717, 1.165) is 37.4 Å². The molecule has 0 bridgehead atoms. The first-order valence-corrected chi connectivity index (χ1v) is 9.38. The number of aliphatic imine (C=N–C) groups is 1. The van der Waals surface area contributed by atoms with Crippen LogP contribution >= 0.6 is 35.6 Å². The molecule has 2 rings (SSSR count). The summed E-state index contributed by atoms with van der Waals surface area (Å²) < 4.78 is 11.3. The molecule has 1 aliphatic rings. The van der Waals surface area contributed by atoms with E-state index in [1.54, 1.807) is 0 Å². The largest absolute Gasteiger partial charge is 0.489 e. The van der Waals surface area contributed by atoms with E-state index in [9.17, 15) is 0 Å². The summed E-state index contributed by atoms with van der Waals surface area (Å²) in [5.74, 6) is 2.49. The molecule has 0 spiro atoms. The third-order valence-electron chi connectivity index (χ3n) is 4.49. The Kier molecular flexibility index (Phi) is 11.3. The first-order valence-electron chi connectivity index (χ1n) is 9.00. The number of rotatable bonds is 7. The molecule has 148 valence electrons. The van der Waals surface area contributed by atoms with Gasteiger partial charge in [-0.2, -0.15) is 0 Å². The van der Waals surface area contributed by atoms with Crippen LogP contribution in [0.3, 0.4) is 0 Å². The molecule has 7 heteroatoms. The van der Waals surface area contributed by atoms with Crippen LogP contribution in [0.1, 0.15) is 26.2 Å². The lowest BCUT2D eigenvalue weighted by atomic mass is 9.96. The zero-order valence-corrected chi connectivity index (χ0v) is 19.0. The maximum atomic E-state index is 5.89. The number of hydrogen-bond donors (Lipinski definition) is 1. The quantitative estimate of drug-likeness (QED) is 0.352. The first-order chi connectivity index (χ1) is 12.1. The molecule has 1 atom stereocenters. The van der Waals surface area contributed by atoms with Crippen LogP contribution < -0.4 is 10.1 Å². The summed E-state index contributed by atoms with van der Waals surface area (Å²) in [6.45, 7) is 5.53. The van der Waals surface area contributed by atoms with Crippen molar-refractivity contribution < 1.29 is 9.47 Å². The van der Waals surface area contributed by atoms with Gasteiger partial charge in [-0.1, -0.05) is 11.6 Å². The van der Waals surface area contributed by atoms with Gasteiger partial charge in [0.2, 0.25) is 0 Å². The molecule has 1 heterocycles. The molecule has 0 saturated carbocycles. The first kappa shape index (κ1) is 23.3. The Bertz CT molecular complexity index is 536. The van der Waals surface area contributed by atoms with Gasteiger partial charge in [0, 0.05) is 38.9 Å². The van der Waals surface area contributed by atoms with E-state index in [2.05, 4.69) is 22.3 Å². The number of halogens is 2. The van der Waals surface area contributed by atoms with Crippen molar-refractivity contribution in [2.45, 2.75) is 32.3 Å². The predicted octanol–water partition coefficient (Wildman–Crippen LogP) is 4.05. The minimum absolute atomic E-state index is 0. The van der Waals surface area contributed by atoms with Gasteiger partial charge < -0.3 is 19.7 Å². The van der Waals surface area contributed by atoms with E-state index in [1.807, 2.05) is 38.2 Å². The summed E-state index contributed by atoms with van der Waals surface area (Å²) in [5, 5.41) is 4.10. The number of nitrogens with zero attached hydrogens (tertiary/aromatic N) is 2. The summed E-state index contributed by atoms with van der Waals surface area (Å²) >= 11 is 5.89. The van der Waals surface area contributed by atoms with Gasteiger partial charge in [0.05, 0.1) is 6.54 Å². The second-order valence-electron chi connectivity index (χ2n) is 6.58. The Morgan fingerprint density at radius 1 is 1.35 bits per heavy atom. The molecule has 1 aliphatic heterocycles. The van der Waals surface area contributed by atoms with Crippen LogP contribution in [-0.2, 0) is 4.74 Å². The highest BCUT2D eigenvalue weighted by Gasteiger charge is 2.15. The molecule has 5 nitrogen and oxygen atoms in total. The molecule has 26 heavy (non-hydrogen) atoms. The van der Waals surface area contributed by atoms with Crippen molar-refractivity contribution >= 4 is 41.5 Å². The average Bonchev–Trinajstić information content (AvgIpc) is 2.63. The molecule has 0 amide bonds. The SMILES string of the molecule is CN=C(NCC(C)Oc1ccc(Cl)cc1)N(C)CCC1CCOCC1.I. The van der Waals surface area contributed by atoms with Crippen LogP contribution in [0.15, 0.2) is 29.3 Å². The van der Waals surface area contributed by atoms with E-state index >= 15 is 0 Å². The van der Waals surface area contributed by atoms with Gasteiger partial charge >= 0.3 is 0 Å². The zero-order chi connectivity index (χ0) is 18.1. The van der Waals surface area contributed by atoms with E-state index in [4.69, 9.17) is 21.1 Å². The Morgan fingerprint density at radius 3 is 2.62 bits per heavy atom. The molecule has 1 saturated heterocycles. The third kappa shape index (κ3) is 8.31. The van der Waals surface area contributed by atoms with Crippen LogP contribution in [0.4, 0.5) is 0 Å². The van der Waals surface area contributed by atoms with E-state index < -0.39 is 0 Å². The van der Waals surface area contributed by atoms with Crippen molar-refractivity contribution in [1.82, 2.24) is 10.2 Å². The van der Waals surface area contributed by atoms with Crippen LogP contribution in [0.25, 0.3) is 0 Å². The van der Waals surface area contributed by atoms with Crippen molar-refractivity contribution in [2.24, 2.45) is 10.9 Å². The number of guanidine groups is 1. The smallest absolute Gasteiger partial charge is 0.193 e. The molecule has 0 aliphatic carbocycles. The van der Waals surface area contributed by atoms with Gasteiger partial charge in [-0.15, -0.1) is 24.0 Å². The van der Waals surface area contributed by atoms with Crippen LogP contribution in [0.5, 0.6) is 5.75 Å². The molecule has 0 radical (unpaired) electrons. The van der Waals surface area contributed by atoms with Crippen LogP contribution in [0.2, 0.25) is 5.02 Å². The molecule has 0 aromatic heterocycles. The number of benzene rings is 1. The minimum Gasteiger partial charge on any atom is -0.489 e. The van der Waals surface area contributed by atoms with E-state index in [0.29, 0.717) is 11.6 Å². The maximum absolute atomic E-state index is 5.89. The molecule has 1 N–H and O–H groups in total. The molecule has 1 aromatic carbocycles. The second kappa shape index (κ2) is 12.6. The standard InChI is InChI=1S/C19H30ClN3O2.HI/c1-15(25-18-6-4-17(20)5-7-18)14-22-19(21-2)23(3)11-8-16-9-12-24-13-10-16;/h4-7,15-16H,8-14H2,1-3H3,(H,21,22);1H. The Balaban J connectivity index is 0.00000338. The summed E-state index contributed by atoms with van der Waals surface area (Å²) in [6, 6.07) is 7.43. The highest BCUT2D eigenvalue weighted by atomic mass is 127. The molecule has 1 fully saturated rings. The predicted molar refractivity (Wildman–Crippen MR) is 119 cm³/mol. The lowest BCUT2D eigenvalue weighted by Gasteiger charge is -2.27. The lowest BCUT2D eigenvalue weighted by molar-refractivity contribution is 0.0625. The second-order valence-corrected chi connectivity index (χ2v) is 7.01. The van der Waals surface area contributed by atoms with E-state index in [1.165, 1.54) is 19.3 Å². The van der Waals surface area contributed by atoms with Gasteiger partial charge in [-0.25, -0.2) is 0 Å². The van der Waals surface area contributed by atoms with Gasteiger partial charge in [-0.3, -0.25) is 4.99 Å². The number of hydrogen-bond acceptors (Lipinski definition) is 3. The fourth-order valence-corrected chi connectivity index (χ4v) is 3.05. The van der Waals surface area contributed by atoms with Gasteiger partial charge in [-0.05, 0) is 56.4 Å². The minimum atomic E-state index is 0. The van der Waals surface area contributed by atoms with Crippen molar-refractivity contribution in [3.05, 3.63) is 29.3 Å².